The number of benzene rings is 2. The Bertz CT molecular complexity index is 987. The number of nitrogens with zero attached hydrogens (tertiary/aromatic N) is 2. The van der Waals surface area contributed by atoms with Crippen molar-refractivity contribution in [2.24, 2.45) is 0 Å². The Morgan fingerprint density at radius 1 is 1.12 bits per heavy atom. The number of hydrogen-bond acceptors (Lipinski definition) is 4. The minimum Gasteiger partial charge on any atom is -0.293 e. The topological polar surface area (TPSA) is 81.1 Å². The molecule has 1 aromatic heterocycles. The summed E-state index contributed by atoms with van der Waals surface area (Å²) in [7, 11) is -3.84. The van der Waals surface area contributed by atoms with Gasteiger partial charge in [0.2, 0.25) is 10.0 Å². The minimum absolute atomic E-state index is 0.0357. The molecule has 0 saturated carbocycles. The molecule has 25 heavy (non-hydrogen) atoms. The first-order chi connectivity index (χ1) is 12.0. The standard InChI is InChI=1S/C17H14FN3O3S/c18-16-8-7-13(21-10-4-9-19-21)11-15(16)17(22)12-20-25(23,24)14-5-2-1-3-6-14/h1-11,20H,12H2. The minimum atomic E-state index is -3.84. The molecule has 0 aliphatic carbocycles. The van der Waals surface area contributed by atoms with Gasteiger partial charge in [-0.3, -0.25) is 4.79 Å². The van der Waals surface area contributed by atoms with Crippen LogP contribution >= 0.6 is 0 Å². The van der Waals surface area contributed by atoms with Gasteiger partial charge in [-0.25, -0.2) is 22.2 Å². The van der Waals surface area contributed by atoms with Crippen molar-refractivity contribution in [3.63, 3.8) is 0 Å². The maximum Gasteiger partial charge on any atom is 0.240 e. The van der Waals surface area contributed by atoms with E-state index in [2.05, 4.69) is 9.82 Å². The molecular weight excluding hydrogens is 345 g/mol. The van der Waals surface area contributed by atoms with Crippen molar-refractivity contribution in [2.75, 3.05) is 6.54 Å². The van der Waals surface area contributed by atoms with Crippen LogP contribution in [0.5, 0.6) is 0 Å². The van der Waals surface area contributed by atoms with Crippen molar-refractivity contribution in [3.05, 3.63) is 78.4 Å². The van der Waals surface area contributed by atoms with E-state index >= 15 is 0 Å². The highest BCUT2D eigenvalue weighted by molar-refractivity contribution is 7.89. The van der Waals surface area contributed by atoms with E-state index in [-0.39, 0.29) is 10.5 Å². The molecule has 6 nitrogen and oxygen atoms in total. The largest absolute Gasteiger partial charge is 0.293 e. The predicted octanol–water partition coefficient (Wildman–Crippen LogP) is 2.17. The molecule has 0 fully saturated rings. The Kier molecular flexibility index (Phi) is 4.73. The lowest BCUT2D eigenvalue weighted by Gasteiger charge is -2.08. The van der Waals surface area contributed by atoms with Crippen molar-refractivity contribution in [1.29, 1.82) is 0 Å². The van der Waals surface area contributed by atoms with Gasteiger partial charge in [0.15, 0.2) is 5.78 Å². The highest BCUT2D eigenvalue weighted by atomic mass is 32.2. The Morgan fingerprint density at radius 3 is 2.56 bits per heavy atom. The first-order valence-electron chi connectivity index (χ1n) is 7.35. The molecule has 2 aromatic carbocycles. The van der Waals surface area contributed by atoms with Crippen LogP contribution in [-0.2, 0) is 10.0 Å². The molecule has 3 aromatic rings. The molecule has 0 bridgehead atoms. The summed E-state index contributed by atoms with van der Waals surface area (Å²) >= 11 is 0. The zero-order valence-corrected chi connectivity index (χ0v) is 13.8. The van der Waals surface area contributed by atoms with Crippen molar-refractivity contribution in [2.45, 2.75) is 4.90 Å². The molecule has 0 atom stereocenters. The molecule has 0 radical (unpaired) electrons. The molecule has 0 aliphatic rings. The third kappa shape index (κ3) is 3.81. The summed E-state index contributed by atoms with van der Waals surface area (Å²) in [5.74, 6) is -1.40. The van der Waals surface area contributed by atoms with Gasteiger partial charge in [-0.05, 0) is 36.4 Å². The van der Waals surface area contributed by atoms with Crippen LogP contribution in [0.1, 0.15) is 10.4 Å². The summed E-state index contributed by atoms with van der Waals surface area (Å²) < 4.78 is 41.9. The number of carbonyl (C=O) groups excluding carboxylic acids is 1. The first kappa shape index (κ1) is 17.0. The van der Waals surface area contributed by atoms with E-state index in [9.17, 15) is 17.6 Å². The third-order valence-electron chi connectivity index (χ3n) is 3.50. The smallest absolute Gasteiger partial charge is 0.240 e. The van der Waals surface area contributed by atoms with Crippen LogP contribution in [-0.4, -0.2) is 30.5 Å². The van der Waals surface area contributed by atoms with Gasteiger partial charge in [-0.1, -0.05) is 18.2 Å². The number of rotatable bonds is 6. The fourth-order valence-corrected chi connectivity index (χ4v) is 3.23. The van der Waals surface area contributed by atoms with Gasteiger partial charge in [0.25, 0.3) is 0 Å². The molecule has 0 saturated heterocycles. The van der Waals surface area contributed by atoms with Crippen molar-refractivity contribution >= 4 is 15.8 Å². The maximum atomic E-state index is 14.0. The zero-order valence-electron chi connectivity index (χ0n) is 13.0. The molecule has 1 heterocycles. The number of halogens is 1. The predicted molar refractivity (Wildman–Crippen MR) is 89.5 cm³/mol. The van der Waals surface area contributed by atoms with Crippen molar-refractivity contribution in [1.82, 2.24) is 14.5 Å². The quantitative estimate of drug-likeness (QED) is 0.684. The molecule has 0 spiro atoms. The van der Waals surface area contributed by atoms with E-state index in [1.165, 1.54) is 28.9 Å². The van der Waals surface area contributed by atoms with Crippen LogP contribution in [0.2, 0.25) is 0 Å². The second-order valence-corrected chi connectivity index (χ2v) is 6.94. The number of ketones is 1. The van der Waals surface area contributed by atoms with Crippen LogP contribution in [0.3, 0.4) is 0 Å². The second-order valence-electron chi connectivity index (χ2n) is 5.18. The van der Waals surface area contributed by atoms with Crippen LogP contribution in [0.25, 0.3) is 5.69 Å². The summed E-state index contributed by atoms with van der Waals surface area (Å²) in [4.78, 5) is 12.3. The lowest BCUT2D eigenvalue weighted by Crippen LogP contribution is -2.30. The van der Waals surface area contributed by atoms with Crippen LogP contribution in [0.4, 0.5) is 4.39 Å². The molecule has 1 N–H and O–H groups in total. The maximum absolute atomic E-state index is 14.0. The summed E-state index contributed by atoms with van der Waals surface area (Å²) in [6.45, 7) is -0.545. The highest BCUT2D eigenvalue weighted by Gasteiger charge is 2.18. The van der Waals surface area contributed by atoms with E-state index in [1.807, 2.05) is 0 Å². The fraction of sp³-hybridized carbons (Fsp3) is 0.0588. The zero-order chi connectivity index (χ0) is 17.9. The molecule has 0 amide bonds. The lowest BCUT2D eigenvalue weighted by atomic mass is 10.1. The fourth-order valence-electron chi connectivity index (χ4n) is 2.23. The number of hydrogen-bond donors (Lipinski definition) is 1. The molecule has 128 valence electrons. The van der Waals surface area contributed by atoms with Crippen LogP contribution < -0.4 is 4.72 Å². The van der Waals surface area contributed by atoms with Gasteiger partial charge >= 0.3 is 0 Å². The monoisotopic (exact) mass is 359 g/mol. The number of sulfonamides is 1. The van der Waals surface area contributed by atoms with Gasteiger partial charge in [0, 0.05) is 12.4 Å². The Labute approximate surface area is 144 Å². The molecule has 0 unspecified atom stereocenters. The van der Waals surface area contributed by atoms with Gasteiger partial charge in [0.05, 0.1) is 22.7 Å². The molecule has 8 heteroatoms. The van der Waals surface area contributed by atoms with E-state index in [0.29, 0.717) is 5.69 Å². The lowest BCUT2D eigenvalue weighted by molar-refractivity contribution is 0.0993. The van der Waals surface area contributed by atoms with E-state index in [4.69, 9.17) is 0 Å². The van der Waals surface area contributed by atoms with E-state index < -0.39 is 28.2 Å². The van der Waals surface area contributed by atoms with Crippen molar-refractivity contribution in [3.8, 4) is 5.69 Å². The normalized spacial score (nSPS) is 11.4. The number of carbonyl (C=O) groups is 1. The average molecular weight is 359 g/mol. The summed E-state index contributed by atoms with van der Waals surface area (Å²) in [5.41, 5.74) is 0.296. The molecule has 0 aliphatic heterocycles. The number of aromatic nitrogens is 2. The van der Waals surface area contributed by atoms with Crippen LogP contribution in [0, 0.1) is 5.82 Å². The third-order valence-corrected chi connectivity index (χ3v) is 4.91. The van der Waals surface area contributed by atoms with Gasteiger partial charge in [0.1, 0.15) is 5.82 Å². The SMILES string of the molecule is O=C(CNS(=O)(=O)c1ccccc1)c1cc(-n2cccn2)ccc1F. The van der Waals surface area contributed by atoms with Crippen LogP contribution in [0.15, 0.2) is 71.9 Å². The highest BCUT2D eigenvalue weighted by Crippen LogP contribution is 2.15. The Hall–Kier alpha value is -2.84. The van der Waals surface area contributed by atoms with E-state index in [1.54, 1.807) is 36.7 Å². The average Bonchev–Trinajstić information content (AvgIpc) is 3.15. The van der Waals surface area contributed by atoms with E-state index in [0.717, 1.165) is 6.07 Å². The Morgan fingerprint density at radius 2 is 1.88 bits per heavy atom. The summed E-state index contributed by atoms with van der Waals surface area (Å²) in [6.07, 6.45) is 3.21. The summed E-state index contributed by atoms with van der Waals surface area (Å²) in [6, 6.07) is 13.3. The molecular formula is C17H14FN3O3S. The molecule has 3 rings (SSSR count). The second kappa shape index (κ2) is 6.96. The van der Waals surface area contributed by atoms with Gasteiger partial charge in [-0.15, -0.1) is 0 Å². The van der Waals surface area contributed by atoms with Crippen molar-refractivity contribution < 1.29 is 17.6 Å². The number of nitrogens with one attached hydrogen (secondary N) is 1. The Balaban J connectivity index is 1.79. The number of Topliss-reactive ketones (excluding diaryl/α,β-unsaturated/α-hetero) is 1. The summed E-state index contributed by atoms with van der Waals surface area (Å²) in [5, 5.41) is 4.01. The first-order valence-corrected chi connectivity index (χ1v) is 8.83. The van der Waals surface area contributed by atoms with Gasteiger partial charge in [-0.2, -0.15) is 5.10 Å². The van der Waals surface area contributed by atoms with Gasteiger partial charge < -0.3 is 0 Å².